The number of rotatable bonds is 5. The van der Waals surface area contributed by atoms with Gasteiger partial charge in [0, 0.05) is 36.6 Å². The molecule has 0 spiro atoms. The van der Waals surface area contributed by atoms with Crippen molar-refractivity contribution in [2.75, 3.05) is 6.54 Å². The lowest BCUT2D eigenvalue weighted by Crippen LogP contribution is -3.15. The fourth-order valence-corrected chi connectivity index (χ4v) is 10.5. The molecule has 1 aliphatic heterocycles. The van der Waals surface area contributed by atoms with Crippen LogP contribution in [0.25, 0.3) is 0 Å². The van der Waals surface area contributed by atoms with Crippen LogP contribution in [0.5, 0.6) is 0 Å². The molecule has 7 nitrogen and oxygen atoms in total. The lowest BCUT2D eigenvalue weighted by molar-refractivity contribution is -0.888. The summed E-state index contributed by atoms with van der Waals surface area (Å²) in [6.07, 6.45) is 18.3. The minimum Gasteiger partial charge on any atom is -0.634 e. The summed E-state index contributed by atoms with van der Waals surface area (Å²) in [6.45, 7) is 2.87. The van der Waals surface area contributed by atoms with Crippen LogP contribution in [0.15, 0.2) is 0 Å². The Hall–Kier alpha value is -1.47. The van der Waals surface area contributed by atoms with E-state index in [-0.39, 0.29) is 41.8 Å². The van der Waals surface area contributed by atoms with E-state index >= 15 is 0 Å². The predicted octanol–water partition coefficient (Wildman–Crippen LogP) is 4.33. The number of fused-ring (bicyclic) bond motifs is 2. The van der Waals surface area contributed by atoms with E-state index in [1.807, 2.05) is 0 Å². The highest BCUT2D eigenvalue weighted by atomic mass is 16.5. The average molecular weight is 570 g/mol. The largest absolute Gasteiger partial charge is 0.634 e. The van der Waals surface area contributed by atoms with Gasteiger partial charge in [-0.3, -0.25) is 14.4 Å². The summed E-state index contributed by atoms with van der Waals surface area (Å²) in [4.78, 5) is 40.7. The van der Waals surface area contributed by atoms with Crippen molar-refractivity contribution in [3.8, 4) is 0 Å². The van der Waals surface area contributed by atoms with Gasteiger partial charge >= 0.3 is 0 Å². The number of hydroxylamine groups is 2. The van der Waals surface area contributed by atoms with Crippen molar-refractivity contribution in [2.45, 2.75) is 141 Å². The molecule has 6 fully saturated rings. The fraction of sp³-hybridized carbons (Fsp3) is 0.912. The number of hydrogen-bond donors (Lipinski definition) is 3. The van der Waals surface area contributed by atoms with Gasteiger partial charge in [0.25, 0.3) is 0 Å². The van der Waals surface area contributed by atoms with E-state index in [2.05, 4.69) is 17.6 Å². The van der Waals surface area contributed by atoms with Gasteiger partial charge in [-0.15, -0.1) is 0 Å². The third-order valence-electron chi connectivity index (χ3n) is 12.8. The number of carbonyl (C=O) groups is 3. The van der Waals surface area contributed by atoms with Crippen LogP contribution in [0, 0.1) is 52.6 Å². The lowest BCUT2D eigenvalue weighted by Gasteiger charge is -2.48. The first-order chi connectivity index (χ1) is 19.9. The Labute approximate surface area is 247 Å². The second-order valence-electron chi connectivity index (χ2n) is 15.2. The third kappa shape index (κ3) is 6.41. The quantitative estimate of drug-likeness (QED) is 0.429. The van der Waals surface area contributed by atoms with E-state index in [4.69, 9.17) is 0 Å². The van der Waals surface area contributed by atoms with Gasteiger partial charge in [0.1, 0.15) is 11.8 Å². The van der Waals surface area contributed by atoms with E-state index < -0.39 is 0 Å². The molecule has 0 aromatic carbocycles. The molecule has 0 bridgehead atoms. The first-order valence-electron chi connectivity index (χ1n) is 17.5. The van der Waals surface area contributed by atoms with E-state index in [0.29, 0.717) is 65.7 Å². The Balaban J connectivity index is 1.17. The number of amides is 2. The summed E-state index contributed by atoms with van der Waals surface area (Å²) >= 11 is 0. The van der Waals surface area contributed by atoms with E-state index in [9.17, 15) is 19.6 Å². The maximum Gasteiger partial charge on any atom is 0.224 e. The van der Waals surface area contributed by atoms with Crippen LogP contribution in [0.3, 0.4) is 0 Å². The Morgan fingerprint density at radius 3 is 2.12 bits per heavy atom. The highest BCUT2D eigenvalue weighted by Gasteiger charge is 2.47. The van der Waals surface area contributed by atoms with Gasteiger partial charge in [0.15, 0.2) is 0 Å². The molecule has 5 saturated carbocycles. The van der Waals surface area contributed by atoms with Crippen LogP contribution in [-0.4, -0.2) is 42.3 Å². The number of quaternary nitrogens is 1. The van der Waals surface area contributed by atoms with Gasteiger partial charge < -0.3 is 20.9 Å². The predicted molar refractivity (Wildman–Crippen MR) is 159 cm³/mol. The van der Waals surface area contributed by atoms with Crippen molar-refractivity contribution in [1.29, 1.82) is 0 Å². The van der Waals surface area contributed by atoms with Crippen molar-refractivity contribution < 1.29 is 19.4 Å². The molecule has 6 aliphatic rings. The number of nitrogens with one attached hydrogen (secondary N) is 3. The highest BCUT2D eigenvalue weighted by molar-refractivity contribution is 5.88. The van der Waals surface area contributed by atoms with Crippen molar-refractivity contribution in [3.05, 3.63) is 5.21 Å². The van der Waals surface area contributed by atoms with E-state index in [1.54, 1.807) is 0 Å². The monoisotopic (exact) mass is 569 g/mol. The second kappa shape index (κ2) is 13.0. The minimum atomic E-state index is -0.305. The van der Waals surface area contributed by atoms with Crippen molar-refractivity contribution in [1.82, 2.24) is 10.6 Å². The molecular formula is C34H55N3O4. The summed E-state index contributed by atoms with van der Waals surface area (Å²) in [5.41, 5.74) is 0. The van der Waals surface area contributed by atoms with Gasteiger partial charge in [-0.25, -0.2) is 0 Å². The van der Waals surface area contributed by atoms with Crippen LogP contribution in [0.1, 0.15) is 122 Å². The molecule has 230 valence electrons. The molecule has 5 aliphatic carbocycles. The molecule has 11 atom stereocenters. The van der Waals surface area contributed by atoms with Crippen molar-refractivity contribution in [3.63, 3.8) is 0 Å². The molecular weight excluding hydrogens is 514 g/mol. The van der Waals surface area contributed by atoms with Crippen LogP contribution in [0.4, 0.5) is 0 Å². The second-order valence-corrected chi connectivity index (χ2v) is 15.2. The molecule has 6 rings (SSSR count). The number of ketones is 1. The zero-order valence-electron chi connectivity index (χ0n) is 25.4. The highest BCUT2D eigenvalue weighted by Crippen LogP contribution is 2.46. The molecule has 0 aromatic heterocycles. The van der Waals surface area contributed by atoms with Gasteiger partial charge in [-0.05, 0) is 93.8 Å². The molecule has 1 saturated heterocycles. The lowest BCUT2D eigenvalue weighted by atomic mass is 9.63. The molecule has 2 amide bonds. The average Bonchev–Trinajstić information content (AvgIpc) is 2.91. The number of hydrogen-bond acceptors (Lipinski definition) is 4. The Morgan fingerprint density at radius 1 is 0.707 bits per heavy atom. The van der Waals surface area contributed by atoms with Crippen LogP contribution in [-0.2, 0) is 14.4 Å². The SMILES string of the molecule is CC1CC(=O)CCCC2CCCC(NC(=O)C3CC(C4CCC4)CCC3C(=O)NC3CCCC4CCC[NH+]([O-])C43)C12. The maximum absolute atomic E-state index is 14.2. The smallest absolute Gasteiger partial charge is 0.224 e. The van der Waals surface area contributed by atoms with Crippen LogP contribution in [0.2, 0.25) is 0 Å². The summed E-state index contributed by atoms with van der Waals surface area (Å²) in [7, 11) is 0. The summed E-state index contributed by atoms with van der Waals surface area (Å²) in [5, 5.41) is 20.2. The normalized spacial score (nSPS) is 43.9. The summed E-state index contributed by atoms with van der Waals surface area (Å²) in [5.74, 6) is 2.78. The Morgan fingerprint density at radius 2 is 1.34 bits per heavy atom. The number of Topliss-reactive ketones (excluding diaryl/α,β-unsaturated/α-hetero) is 1. The molecule has 11 unspecified atom stereocenters. The van der Waals surface area contributed by atoms with Gasteiger partial charge in [-0.1, -0.05) is 45.4 Å². The Kier molecular flexibility index (Phi) is 9.41. The minimum absolute atomic E-state index is 0.0210. The van der Waals surface area contributed by atoms with Crippen molar-refractivity contribution >= 4 is 17.6 Å². The first-order valence-corrected chi connectivity index (χ1v) is 17.5. The van der Waals surface area contributed by atoms with Gasteiger partial charge in [0.05, 0.1) is 12.6 Å². The van der Waals surface area contributed by atoms with Crippen LogP contribution < -0.4 is 15.7 Å². The van der Waals surface area contributed by atoms with Crippen LogP contribution >= 0.6 is 0 Å². The standard InChI is InChI=1S/C34H55N3O4/c1-21-19-26(38)13-3-9-23-10-4-14-29(31(21)23)35-34(40)28-20-25(22-7-2-8-22)16-17-27(28)33(39)36-30-15-5-11-24-12-6-18-37(41)32(24)30/h21-25,27-32,37H,2-20H2,1H3,(H,35,40)(H,36,39). The molecule has 1 heterocycles. The first kappa shape index (κ1) is 29.6. The molecule has 41 heavy (non-hydrogen) atoms. The zero-order valence-corrected chi connectivity index (χ0v) is 25.4. The number of piperidine rings is 1. The Bertz CT molecular complexity index is 950. The van der Waals surface area contributed by atoms with E-state index in [1.165, 1.54) is 25.7 Å². The van der Waals surface area contributed by atoms with E-state index in [0.717, 1.165) is 77.0 Å². The number of carbonyl (C=O) groups excluding carboxylic acids is 3. The van der Waals surface area contributed by atoms with Gasteiger partial charge in [-0.2, -0.15) is 0 Å². The maximum atomic E-state index is 14.2. The summed E-state index contributed by atoms with van der Waals surface area (Å²) in [6, 6.07) is 0.0196. The molecule has 0 aromatic rings. The topological polar surface area (TPSA) is 103 Å². The molecule has 3 N–H and O–H groups in total. The molecule has 0 radical (unpaired) electrons. The molecule has 7 heteroatoms. The summed E-state index contributed by atoms with van der Waals surface area (Å²) < 4.78 is 0. The fourth-order valence-electron chi connectivity index (χ4n) is 10.5. The third-order valence-corrected chi connectivity index (χ3v) is 12.8. The van der Waals surface area contributed by atoms with Gasteiger partial charge in [0.2, 0.25) is 11.8 Å². The van der Waals surface area contributed by atoms with Crippen molar-refractivity contribution in [2.24, 2.45) is 47.3 Å². The zero-order chi connectivity index (χ0) is 28.5.